The summed E-state index contributed by atoms with van der Waals surface area (Å²) in [4.78, 5) is 24.9. The number of aryl methyl sites for hydroxylation is 1. The molecule has 1 aromatic heterocycles. The van der Waals surface area contributed by atoms with Gasteiger partial charge in [0.15, 0.2) is 0 Å². The van der Waals surface area contributed by atoms with Crippen LogP contribution < -0.4 is 10.9 Å². The molecule has 0 aliphatic rings. The van der Waals surface area contributed by atoms with E-state index < -0.39 is 0 Å². The topological polar surface area (TPSA) is 59.3 Å². The summed E-state index contributed by atoms with van der Waals surface area (Å²) < 4.78 is 6.17. The molecular formula is C23H16BrNO3. The summed E-state index contributed by atoms with van der Waals surface area (Å²) in [5, 5.41) is 3.76. The first-order valence-electron chi connectivity index (χ1n) is 8.73. The average Bonchev–Trinajstić information content (AvgIpc) is 2.68. The van der Waals surface area contributed by atoms with E-state index in [-0.39, 0.29) is 11.5 Å². The maximum Gasteiger partial charge on any atom is 0.344 e. The van der Waals surface area contributed by atoms with Gasteiger partial charge in [-0.1, -0.05) is 36.4 Å². The fraction of sp³-hybridized carbons (Fsp3) is 0.0435. The van der Waals surface area contributed by atoms with E-state index in [4.69, 9.17) is 4.42 Å². The molecule has 0 atom stereocenters. The smallest absolute Gasteiger partial charge is 0.344 e. The Bertz CT molecular complexity index is 1260. The molecule has 0 unspecified atom stereocenters. The molecule has 0 radical (unpaired) electrons. The van der Waals surface area contributed by atoms with Gasteiger partial charge in [0.25, 0.3) is 5.91 Å². The first-order chi connectivity index (χ1) is 13.5. The molecule has 3 aromatic carbocycles. The molecule has 0 fully saturated rings. The predicted molar refractivity (Wildman–Crippen MR) is 115 cm³/mol. The number of rotatable bonds is 3. The van der Waals surface area contributed by atoms with Gasteiger partial charge in [-0.25, -0.2) is 4.79 Å². The Morgan fingerprint density at radius 3 is 2.46 bits per heavy atom. The number of benzene rings is 3. The Labute approximate surface area is 170 Å². The zero-order chi connectivity index (χ0) is 19.7. The Hall–Kier alpha value is -3.18. The number of carbonyl (C=O) groups excluding carboxylic acids is 1. The van der Waals surface area contributed by atoms with Gasteiger partial charge in [0.1, 0.15) is 5.58 Å². The lowest BCUT2D eigenvalue weighted by Crippen LogP contribution is -2.12. The largest absolute Gasteiger partial charge is 0.422 e. The van der Waals surface area contributed by atoms with Crippen LogP contribution in [0.25, 0.3) is 22.1 Å². The van der Waals surface area contributed by atoms with E-state index >= 15 is 0 Å². The molecule has 0 aliphatic carbocycles. The zero-order valence-corrected chi connectivity index (χ0v) is 16.6. The second-order valence-electron chi connectivity index (χ2n) is 6.45. The first kappa shape index (κ1) is 18.2. The standard InChI is InChI=1S/C23H16BrNO3/c1-14-12-16(25-22(26)18-7-3-4-8-20(18)24)10-11-17(14)19-13-15-6-2-5-9-21(15)28-23(19)27/h2-13H,1H3,(H,25,26). The molecule has 0 bridgehead atoms. The van der Waals surface area contributed by atoms with Crippen LogP contribution in [0.3, 0.4) is 0 Å². The third kappa shape index (κ3) is 3.49. The summed E-state index contributed by atoms with van der Waals surface area (Å²) in [6.07, 6.45) is 0. The Morgan fingerprint density at radius 2 is 1.68 bits per heavy atom. The van der Waals surface area contributed by atoms with Crippen LogP contribution in [0, 0.1) is 6.92 Å². The molecule has 1 N–H and O–H groups in total. The SMILES string of the molecule is Cc1cc(NC(=O)c2ccccc2Br)ccc1-c1cc2ccccc2oc1=O. The number of hydrogen-bond acceptors (Lipinski definition) is 3. The van der Waals surface area contributed by atoms with Crippen molar-refractivity contribution in [3.63, 3.8) is 0 Å². The van der Waals surface area contributed by atoms with Gasteiger partial charge in [-0.3, -0.25) is 4.79 Å². The maximum absolute atomic E-state index is 12.5. The number of fused-ring (bicyclic) bond motifs is 1. The molecule has 0 saturated carbocycles. The van der Waals surface area contributed by atoms with E-state index in [1.54, 1.807) is 18.2 Å². The van der Waals surface area contributed by atoms with Crippen molar-refractivity contribution in [2.75, 3.05) is 5.32 Å². The van der Waals surface area contributed by atoms with Crippen molar-refractivity contribution in [1.29, 1.82) is 0 Å². The van der Waals surface area contributed by atoms with Gasteiger partial charge in [0, 0.05) is 15.5 Å². The number of anilines is 1. The number of para-hydroxylation sites is 1. The van der Waals surface area contributed by atoms with Crippen molar-refractivity contribution >= 4 is 38.5 Å². The van der Waals surface area contributed by atoms with Gasteiger partial charge < -0.3 is 9.73 Å². The van der Waals surface area contributed by atoms with Crippen LogP contribution in [0.15, 0.2) is 86.5 Å². The minimum absolute atomic E-state index is 0.204. The molecular weight excluding hydrogens is 418 g/mol. The number of hydrogen-bond donors (Lipinski definition) is 1. The van der Waals surface area contributed by atoms with Crippen molar-refractivity contribution in [3.05, 3.63) is 98.8 Å². The van der Waals surface area contributed by atoms with Crippen molar-refractivity contribution in [3.8, 4) is 11.1 Å². The third-order valence-corrected chi connectivity index (χ3v) is 5.23. The Kier molecular flexibility index (Phi) is 4.84. The molecule has 28 heavy (non-hydrogen) atoms. The molecule has 4 aromatic rings. The van der Waals surface area contributed by atoms with Gasteiger partial charge >= 0.3 is 5.63 Å². The minimum Gasteiger partial charge on any atom is -0.422 e. The first-order valence-corrected chi connectivity index (χ1v) is 9.52. The highest BCUT2D eigenvalue weighted by atomic mass is 79.9. The summed E-state index contributed by atoms with van der Waals surface area (Å²) in [5.41, 5.74) is 3.54. The van der Waals surface area contributed by atoms with Crippen LogP contribution in [0.1, 0.15) is 15.9 Å². The predicted octanol–water partition coefficient (Wildman–Crippen LogP) is 5.78. The van der Waals surface area contributed by atoms with E-state index in [9.17, 15) is 9.59 Å². The fourth-order valence-corrected chi connectivity index (χ4v) is 3.60. The van der Waals surface area contributed by atoms with E-state index in [1.165, 1.54) is 0 Å². The lowest BCUT2D eigenvalue weighted by atomic mass is 10.0. The normalized spacial score (nSPS) is 10.8. The second-order valence-corrected chi connectivity index (χ2v) is 7.30. The van der Waals surface area contributed by atoms with E-state index in [0.29, 0.717) is 22.4 Å². The molecule has 4 nitrogen and oxygen atoms in total. The van der Waals surface area contributed by atoms with Crippen LogP contribution in [0.2, 0.25) is 0 Å². The quantitative estimate of drug-likeness (QED) is 0.416. The average molecular weight is 434 g/mol. The summed E-state index contributed by atoms with van der Waals surface area (Å²) in [7, 11) is 0. The summed E-state index contributed by atoms with van der Waals surface area (Å²) in [5.74, 6) is -0.204. The summed E-state index contributed by atoms with van der Waals surface area (Å²) >= 11 is 3.39. The molecule has 0 aliphatic heterocycles. The monoisotopic (exact) mass is 433 g/mol. The number of amides is 1. The molecule has 1 heterocycles. The summed E-state index contributed by atoms with van der Waals surface area (Å²) in [6.45, 7) is 1.90. The molecule has 0 saturated heterocycles. The van der Waals surface area contributed by atoms with Crippen LogP contribution in [-0.2, 0) is 0 Å². The van der Waals surface area contributed by atoms with E-state index in [1.807, 2.05) is 61.5 Å². The molecule has 138 valence electrons. The molecule has 0 spiro atoms. The highest BCUT2D eigenvalue weighted by Gasteiger charge is 2.13. The van der Waals surface area contributed by atoms with Gasteiger partial charge in [-0.05, 0) is 70.4 Å². The summed E-state index contributed by atoms with van der Waals surface area (Å²) in [6, 6.07) is 21.9. The van der Waals surface area contributed by atoms with Gasteiger partial charge in [-0.15, -0.1) is 0 Å². The van der Waals surface area contributed by atoms with Gasteiger partial charge in [0.05, 0.1) is 11.1 Å². The lowest BCUT2D eigenvalue weighted by molar-refractivity contribution is 0.102. The van der Waals surface area contributed by atoms with Crippen LogP contribution in [-0.4, -0.2) is 5.91 Å². The molecule has 5 heteroatoms. The lowest BCUT2D eigenvalue weighted by Gasteiger charge is -2.11. The van der Waals surface area contributed by atoms with Crippen LogP contribution >= 0.6 is 15.9 Å². The van der Waals surface area contributed by atoms with Gasteiger partial charge in [0.2, 0.25) is 0 Å². The molecule has 1 amide bonds. The van der Waals surface area contributed by atoms with Crippen molar-refractivity contribution < 1.29 is 9.21 Å². The number of nitrogens with one attached hydrogen (secondary N) is 1. The highest BCUT2D eigenvalue weighted by molar-refractivity contribution is 9.10. The zero-order valence-electron chi connectivity index (χ0n) is 15.0. The minimum atomic E-state index is -0.383. The van der Waals surface area contributed by atoms with Crippen molar-refractivity contribution in [1.82, 2.24) is 0 Å². The maximum atomic E-state index is 12.5. The van der Waals surface area contributed by atoms with E-state index in [0.717, 1.165) is 21.0 Å². The Balaban J connectivity index is 1.67. The molecule has 4 rings (SSSR count). The Morgan fingerprint density at radius 1 is 0.929 bits per heavy atom. The number of halogens is 1. The highest BCUT2D eigenvalue weighted by Crippen LogP contribution is 2.27. The van der Waals surface area contributed by atoms with Gasteiger partial charge in [-0.2, -0.15) is 0 Å². The fourth-order valence-electron chi connectivity index (χ4n) is 3.14. The van der Waals surface area contributed by atoms with Crippen molar-refractivity contribution in [2.45, 2.75) is 6.92 Å². The van der Waals surface area contributed by atoms with E-state index in [2.05, 4.69) is 21.2 Å². The van der Waals surface area contributed by atoms with Crippen molar-refractivity contribution in [2.24, 2.45) is 0 Å². The third-order valence-electron chi connectivity index (χ3n) is 4.53. The van der Waals surface area contributed by atoms with Crippen LogP contribution in [0.4, 0.5) is 5.69 Å². The number of carbonyl (C=O) groups is 1. The second kappa shape index (κ2) is 7.44. The van der Waals surface area contributed by atoms with Crippen LogP contribution in [0.5, 0.6) is 0 Å².